The van der Waals surface area contributed by atoms with Crippen molar-refractivity contribution in [1.82, 2.24) is 0 Å². The lowest BCUT2D eigenvalue weighted by Gasteiger charge is -2.05. The highest BCUT2D eigenvalue weighted by molar-refractivity contribution is 5.39. The first-order valence-electron chi connectivity index (χ1n) is 5.39. The minimum Gasteiger partial charge on any atom is -0.493 e. The summed E-state index contributed by atoms with van der Waals surface area (Å²) in [5, 5.41) is 0. The first-order chi connectivity index (χ1) is 7.77. The molecule has 86 valence electrons. The van der Waals surface area contributed by atoms with E-state index >= 15 is 0 Å². The normalized spacial score (nSPS) is 9.44. The maximum absolute atomic E-state index is 13.5. The van der Waals surface area contributed by atoms with Gasteiger partial charge in [-0.25, -0.2) is 4.39 Å². The molecule has 0 unspecified atom stereocenters. The van der Waals surface area contributed by atoms with E-state index in [0.29, 0.717) is 17.9 Å². The van der Waals surface area contributed by atoms with Crippen LogP contribution in [0, 0.1) is 17.7 Å². The molecule has 1 aromatic carbocycles. The van der Waals surface area contributed by atoms with Crippen molar-refractivity contribution in [3.63, 3.8) is 0 Å². The van der Waals surface area contributed by atoms with E-state index in [9.17, 15) is 4.39 Å². The molecule has 0 bridgehead atoms. The van der Waals surface area contributed by atoms with Gasteiger partial charge in [0.25, 0.3) is 0 Å². The third kappa shape index (κ3) is 3.92. The van der Waals surface area contributed by atoms with Gasteiger partial charge in [-0.15, -0.1) is 0 Å². The standard InChI is InChI=1S/C13H16FNO/c1-2-3-9-16-12-7-6-11(5-4-8-15)13(14)10-12/h6-7,10H,2-3,8-9,15H2,1H3. The second-order valence-electron chi connectivity index (χ2n) is 3.35. The Balaban J connectivity index is 2.67. The predicted molar refractivity (Wildman–Crippen MR) is 62.7 cm³/mol. The molecule has 1 aromatic rings. The first kappa shape index (κ1) is 12.5. The first-order valence-corrected chi connectivity index (χ1v) is 5.39. The minimum atomic E-state index is -0.366. The van der Waals surface area contributed by atoms with E-state index in [2.05, 4.69) is 18.8 Å². The molecule has 1 rings (SSSR count). The molecule has 3 heteroatoms. The number of hydrogen-bond donors (Lipinski definition) is 1. The van der Waals surface area contributed by atoms with Gasteiger partial charge in [-0.1, -0.05) is 25.2 Å². The van der Waals surface area contributed by atoms with E-state index in [0.717, 1.165) is 12.8 Å². The molecule has 0 heterocycles. The molecule has 0 atom stereocenters. The van der Waals surface area contributed by atoms with Gasteiger partial charge >= 0.3 is 0 Å². The fraction of sp³-hybridized carbons (Fsp3) is 0.385. The molecule has 0 amide bonds. The zero-order valence-electron chi connectivity index (χ0n) is 9.42. The zero-order valence-corrected chi connectivity index (χ0v) is 9.42. The van der Waals surface area contributed by atoms with Crippen LogP contribution < -0.4 is 10.5 Å². The smallest absolute Gasteiger partial charge is 0.142 e. The lowest BCUT2D eigenvalue weighted by Crippen LogP contribution is -1.97. The van der Waals surface area contributed by atoms with Gasteiger partial charge in [0.15, 0.2) is 0 Å². The molecule has 0 aliphatic heterocycles. The van der Waals surface area contributed by atoms with Crippen LogP contribution in [0.4, 0.5) is 4.39 Å². The SMILES string of the molecule is CCCCOc1ccc(C#CCN)c(F)c1. The van der Waals surface area contributed by atoms with E-state index in [1.165, 1.54) is 6.07 Å². The maximum Gasteiger partial charge on any atom is 0.142 e. The molecule has 0 fully saturated rings. The highest BCUT2D eigenvalue weighted by Gasteiger charge is 2.01. The third-order valence-corrected chi connectivity index (χ3v) is 2.03. The summed E-state index contributed by atoms with van der Waals surface area (Å²) < 4.78 is 18.8. The largest absolute Gasteiger partial charge is 0.493 e. The summed E-state index contributed by atoms with van der Waals surface area (Å²) in [7, 11) is 0. The van der Waals surface area contributed by atoms with Crippen molar-refractivity contribution in [2.45, 2.75) is 19.8 Å². The molecule has 2 nitrogen and oxygen atoms in total. The van der Waals surface area contributed by atoms with Gasteiger partial charge in [0, 0.05) is 6.07 Å². The lowest BCUT2D eigenvalue weighted by atomic mass is 10.2. The van der Waals surface area contributed by atoms with Crippen LogP contribution in [0.5, 0.6) is 5.75 Å². The molecule has 0 aliphatic rings. The van der Waals surface area contributed by atoms with Crippen LogP contribution in [0.2, 0.25) is 0 Å². The van der Waals surface area contributed by atoms with Gasteiger partial charge < -0.3 is 10.5 Å². The Labute approximate surface area is 95.6 Å². The topological polar surface area (TPSA) is 35.2 Å². The molecule has 0 aliphatic carbocycles. The van der Waals surface area contributed by atoms with Crippen molar-refractivity contribution in [3.05, 3.63) is 29.6 Å². The second-order valence-corrected chi connectivity index (χ2v) is 3.35. The highest BCUT2D eigenvalue weighted by Crippen LogP contribution is 2.16. The van der Waals surface area contributed by atoms with Crippen LogP contribution in [0.25, 0.3) is 0 Å². The Morgan fingerprint density at radius 3 is 2.88 bits per heavy atom. The number of rotatable bonds is 4. The van der Waals surface area contributed by atoms with E-state index < -0.39 is 0 Å². The molecule has 0 saturated carbocycles. The van der Waals surface area contributed by atoms with Crippen LogP contribution in [0.1, 0.15) is 25.3 Å². The van der Waals surface area contributed by atoms with Crippen molar-refractivity contribution < 1.29 is 9.13 Å². The summed E-state index contributed by atoms with van der Waals surface area (Å²) >= 11 is 0. The van der Waals surface area contributed by atoms with Crippen molar-refractivity contribution in [2.24, 2.45) is 5.73 Å². The molecule has 16 heavy (non-hydrogen) atoms. The maximum atomic E-state index is 13.5. The Morgan fingerprint density at radius 1 is 1.44 bits per heavy atom. The minimum absolute atomic E-state index is 0.230. The Kier molecular flexibility index (Phi) is 5.38. The highest BCUT2D eigenvalue weighted by atomic mass is 19.1. The Bertz CT molecular complexity index is 393. The summed E-state index contributed by atoms with van der Waals surface area (Å²) in [6.45, 7) is 2.92. The monoisotopic (exact) mass is 221 g/mol. The zero-order chi connectivity index (χ0) is 11.8. The third-order valence-electron chi connectivity index (χ3n) is 2.03. The van der Waals surface area contributed by atoms with Gasteiger partial charge in [0.2, 0.25) is 0 Å². The van der Waals surface area contributed by atoms with Crippen LogP contribution in [0.3, 0.4) is 0 Å². The summed E-state index contributed by atoms with van der Waals surface area (Å²) in [5.41, 5.74) is 5.57. The van der Waals surface area contributed by atoms with Crippen LogP contribution in [-0.2, 0) is 0 Å². The van der Waals surface area contributed by atoms with Gasteiger partial charge in [-0.05, 0) is 18.6 Å². The number of unbranched alkanes of at least 4 members (excludes halogenated alkanes) is 1. The number of halogens is 1. The summed E-state index contributed by atoms with van der Waals surface area (Å²) in [6, 6.07) is 4.69. The number of benzene rings is 1. The van der Waals surface area contributed by atoms with Gasteiger partial charge in [-0.2, -0.15) is 0 Å². The Hall–Kier alpha value is -1.53. The summed E-state index contributed by atoms with van der Waals surface area (Å²) in [6.07, 6.45) is 2.03. The van der Waals surface area contributed by atoms with Gasteiger partial charge in [0.1, 0.15) is 11.6 Å². The van der Waals surface area contributed by atoms with Gasteiger partial charge in [0.05, 0.1) is 18.7 Å². The molecule has 0 saturated heterocycles. The lowest BCUT2D eigenvalue weighted by molar-refractivity contribution is 0.308. The molecular weight excluding hydrogens is 205 g/mol. The number of hydrogen-bond acceptors (Lipinski definition) is 2. The summed E-state index contributed by atoms with van der Waals surface area (Å²) in [5.74, 6) is 5.46. The van der Waals surface area contributed by atoms with Crippen molar-refractivity contribution >= 4 is 0 Å². The van der Waals surface area contributed by atoms with E-state index in [1.807, 2.05) is 0 Å². The fourth-order valence-electron chi connectivity index (χ4n) is 1.17. The summed E-state index contributed by atoms with van der Waals surface area (Å²) in [4.78, 5) is 0. The quantitative estimate of drug-likeness (QED) is 0.625. The molecular formula is C13H16FNO. The van der Waals surface area contributed by atoms with Crippen molar-refractivity contribution in [3.8, 4) is 17.6 Å². The fourth-order valence-corrected chi connectivity index (χ4v) is 1.17. The molecule has 2 N–H and O–H groups in total. The average molecular weight is 221 g/mol. The van der Waals surface area contributed by atoms with Crippen LogP contribution in [0.15, 0.2) is 18.2 Å². The van der Waals surface area contributed by atoms with E-state index in [1.54, 1.807) is 12.1 Å². The molecule has 0 aromatic heterocycles. The predicted octanol–water partition coefficient (Wildman–Crippen LogP) is 2.31. The van der Waals surface area contributed by atoms with Crippen LogP contribution in [-0.4, -0.2) is 13.2 Å². The van der Waals surface area contributed by atoms with Gasteiger partial charge in [-0.3, -0.25) is 0 Å². The molecule has 0 radical (unpaired) electrons. The number of ether oxygens (including phenoxy) is 1. The van der Waals surface area contributed by atoms with E-state index in [4.69, 9.17) is 10.5 Å². The average Bonchev–Trinajstić information content (AvgIpc) is 2.28. The molecule has 0 spiro atoms. The second kappa shape index (κ2) is 6.86. The van der Waals surface area contributed by atoms with Crippen molar-refractivity contribution in [2.75, 3.05) is 13.2 Å². The van der Waals surface area contributed by atoms with E-state index in [-0.39, 0.29) is 12.4 Å². The van der Waals surface area contributed by atoms with Crippen molar-refractivity contribution in [1.29, 1.82) is 0 Å². The Morgan fingerprint density at radius 2 is 2.25 bits per heavy atom. The number of nitrogens with two attached hydrogens (primary N) is 1. The van der Waals surface area contributed by atoms with Crippen LogP contribution >= 0.6 is 0 Å².